The van der Waals surface area contributed by atoms with Crippen LogP contribution in [0.25, 0.3) is 138 Å². The Hall–Kier alpha value is -8.93. The number of nitrogens with zero attached hydrogens (tertiary/aromatic N) is 4. The van der Waals surface area contributed by atoms with Gasteiger partial charge in [0.05, 0.1) is 11.0 Å². The van der Waals surface area contributed by atoms with Crippen molar-refractivity contribution >= 4 is 86.8 Å². The van der Waals surface area contributed by atoms with E-state index in [1.807, 2.05) is 6.07 Å². The second-order valence-electron chi connectivity index (χ2n) is 17.2. The molecule has 0 spiro atoms. The summed E-state index contributed by atoms with van der Waals surface area (Å²) >= 11 is 0. The van der Waals surface area contributed by atoms with Gasteiger partial charge in [-0.25, -0.2) is 15.0 Å². The van der Waals surface area contributed by atoms with E-state index in [0.717, 1.165) is 110 Å². The van der Waals surface area contributed by atoms with Crippen molar-refractivity contribution in [1.29, 1.82) is 0 Å². The highest BCUT2D eigenvalue weighted by Crippen LogP contribution is 2.45. The number of furan rings is 1. The summed E-state index contributed by atoms with van der Waals surface area (Å²) < 4.78 is 9.72. The highest BCUT2D eigenvalue weighted by Gasteiger charge is 2.26. The van der Waals surface area contributed by atoms with Crippen LogP contribution in [-0.2, 0) is 0 Å². The standard InChI is InChI=1S/C61H36N4O/c1-2-14-37(15-3-1)40-23-12-24-45(32-40)59-62-60(50-27-13-22-38-16-8-10-25-46(38)50)64-61(63-59)51-31-30-49-48-29-28-39-17-9-11-26-47(39)57(48)66-58(49)56(51)65-54-35-43-20-6-4-18-41(43)33-52(54)53-34-42-19-5-7-21-44(42)36-55(53)65/h1-36H. The van der Waals surface area contributed by atoms with Gasteiger partial charge in [0.15, 0.2) is 23.1 Å². The smallest absolute Gasteiger partial charge is 0.166 e. The molecule has 5 heteroatoms. The number of hydrogen-bond acceptors (Lipinski definition) is 4. The zero-order valence-corrected chi connectivity index (χ0v) is 35.5. The van der Waals surface area contributed by atoms with Crippen LogP contribution in [0.5, 0.6) is 0 Å². The monoisotopic (exact) mass is 840 g/mol. The minimum Gasteiger partial charge on any atom is -0.453 e. The van der Waals surface area contributed by atoms with Gasteiger partial charge in [-0.1, -0.05) is 170 Å². The van der Waals surface area contributed by atoms with E-state index >= 15 is 0 Å². The number of aromatic nitrogens is 4. The van der Waals surface area contributed by atoms with Crippen LogP contribution in [0.15, 0.2) is 223 Å². The lowest BCUT2D eigenvalue weighted by Crippen LogP contribution is -2.04. The molecule has 0 atom stereocenters. The van der Waals surface area contributed by atoms with E-state index in [4.69, 9.17) is 19.4 Å². The third kappa shape index (κ3) is 5.63. The van der Waals surface area contributed by atoms with Gasteiger partial charge in [-0.2, -0.15) is 0 Å². The van der Waals surface area contributed by atoms with E-state index < -0.39 is 0 Å². The zero-order chi connectivity index (χ0) is 43.3. The molecule has 11 aromatic carbocycles. The van der Waals surface area contributed by atoms with Crippen molar-refractivity contribution in [3.63, 3.8) is 0 Å². The topological polar surface area (TPSA) is 56.7 Å². The Morgan fingerprint density at radius 2 is 0.788 bits per heavy atom. The average Bonchev–Trinajstić information content (AvgIpc) is 3.92. The maximum absolute atomic E-state index is 7.32. The first kappa shape index (κ1) is 36.5. The Morgan fingerprint density at radius 3 is 1.50 bits per heavy atom. The molecule has 0 fully saturated rings. The first-order valence-electron chi connectivity index (χ1n) is 22.3. The van der Waals surface area contributed by atoms with Crippen molar-refractivity contribution < 1.29 is 4.42 Å². The molecule has 3 heterocycles. The normalized spacial score (nSPS) is 11.9. The van der Waals surface area contributed by atoms with E-state index in [9.17, 15) is 0 Å². The number of benzene rings is 11. The average molecular weight is 841 g/mol. The number of hydrogen-bond donors (Lipinski definition) is 0. The van der Waals surface area contributed by atoms with Crippen LogP contribution < -0.4 is 0 Å². The first-order valence-corrected chi connectivity index (χ1v) is 22.3. The summed E-state index contributed by atoms with van der Waals surface area (Å²) in [5.41, 5.74) is 9.49. The molecule has 0 saturated heterocycles. The van der Waals surface area contributed by atoms with Crippen LogP contribution in [0, 0.1) is 0 Å². The summed E-state index contributed by atoms with van der Waals surface area (Å²) in [7, 11) is 0. The Balaban J connectivity index is 1.14. The molecule has 0 saturated carbocycles. The van der Waals surface area contributed by atoms with Crippen LogP contribution in [-0.4, -0.2) is 19.5 Å². The maximum atomic E-state index is 7.32. The Kier molecular flexibility index (Phi) is 7.91. The number of fused-ring (bicyclic) bond motifs is 11. The molecule has 0 amide bonds. The molecule has 66 heavy (non-hydrogen) atoms. The Bertz CT molecular complexity index is 4200. The molecule has 5 nitrogen and oxygen atoms in total. The van der Waals surface area contributed by atoms with E-state index in [1.54, 1.807) is 0 Å². The third-order valence-electron chi connectivity index (χ3n) is 13.4. The summed E-state index contributed by atoms with van der Waals surface area (Å²) in [6, 6.07) is 77.5. The van der Waals surface area contributed by atoms with Crippen molar-refractivity contribution in [2.75, 3.05) is 0 Å². The summed E-state index contributed by atoms with van der Waals surface area (Å²) in [5.74, 6) is 1.73. The highest BCUT2D eigenvalue weighted by atomic mass is 16.3. The zero-order valence-electron chi connectivity index (χ0n) is 35.5. The Labute approximate surface area is 378 Å². The van der Waals surface area contributed by atoms with Crippen molar-refractivity contribution in [3.05, 3.63) is 218 Å². The fourth-order valence-corrected chi connectivity index (χ4v) is 10.2. The predicted octanol–water partition coefficient (Wildman–Crippen LogP) is 16.1. The quantitative estimate of drug-likeness (QED) is 0.173. The van der Waals surface area contributed by atoms with Crippen molar-refractivity contribution in [3.8, 4) is 51.0 Å². The predicted molar refractivity (Wildman–Crippen MR) is 273 cm³/mol. The molecule has 14 rings (SSSR count). The summed E-state index contributed by atoms with van der Waals surface area (Å²) in [5, 5.41) is 13.4. The van der Waals surface area contributed by atoms with E-state index in [0.29, 0.717) is 17.5 Å². The molecule has 0 unspecified atom stereocenters. The molecular weight excluding hydrogens is 805 g/mol. The minimum atomic E-state index is 0.548. The largest absolute Gasteiger partial charge is 0.453 e. The molecular formula is C61H36N4O. The lowest BCUT2D eigenvalue weighted by atomic mass is 10.0. The number of rotatable bonds is 5. The molecule has 3 aromatic heterocycles. The van der Waals surface area contributed by atoms with E-state index in [2.05, 4.69) is 217 Å². The van der Waals surface area contributed by atoms with Gasteiger partial charge in [0.25, 0.3) is 0 Å². The van der Waals surface area contributed by atoms with E-state index in [-0.39, 0.29) is 0 Å². The lowest BCUT2D eigenvalue weighted by molar-refractivity contribution is 0.670. The molecule has 14 aromatic rings. The van der Waals surface area contributed by atoms with Gasteiger partial charge in [-0.15, -0.1) is 0 Å². The molecule has 0 aliphatic rings. The van der Waals surface area contributed by atoms with Gasteiger partial charge < -0.3 is 8.98 Å². The molecule has 0 aliphatic heterocycles. The maximum Gasteiger partial charge on any atom is 0.166 e. The van der Waals surface area contributed by atoms with Crippen LogP contribution in [0.2, 0.25) is 0 Å². The van der Waals surface area contributed by atoms with Gasteiger partial charge in [-0.05, 0) is 97.4 Å². The summed E-state index contributed by atoms with van der Waals surface area (Å²) in [6.07, 6.45) is 0. The SMILES string of the molecule is c1ccc(-c2cccc(-c3nc(-c4ccc5c(oc6c7ccccc7ccc56)c4-n4c5cc6ccccc6cc5c5cc6ccccc6cc54)nc(-c4cccc5ccccc45)n3)c2)cc1. The fourth-order valence-electron chi connectivity index (χ4n) is 10.2. The third-order valence-corrected chi connectivity index (χ3v) is 13.4. The highest BCUT2D eigenvalue weighted by molar-refractivity contribution is 6.21. The van der Waals surface area contributed by atoms with Crippen molar-refractivity contribution in [2.24, 2.45) is 0 Å². The second kappa shape index (κ2) is 14.3. The van der Waals surface area contributed by atoms with Crippen LogP contribution in [0.4, 0.5) is 0 Å². The van der Waals surface area contributed by atoms with Gasteiger partial charge in [0, 0.05) is 43.6 Å². The Morgan fingerprint density at radius 1 is 0.288 bits per heavy atom. The van der Waals surface area contributed by atoms with Crippen molar-refractivity contribution in [1.82, 2.24) is 19.5 Å². The van der Waals surface area contributed by atoms with Gasteiger partial charge >= 0.3 is 0 Å². The molecule has 306 valence electrons. The fraction of sp³-hybridized carbons (Fsp3) is 0. The molecule has 0 bridgehead atoms. The minimum absolute atomic E-state index is 0.548. The van der Waals surface area contributed by atoms with E-state index in [1.165, 1.54) is 10.8 Å². The second-order valence-corrected chi connectivity index (χ2v) is 17.2. The lowest BCUT2D eigenvalue weighted by Gasteiger charge is -2.16. The first-order chi connectivity index (χ1) is 32.7. The van der Waals surface area contributed by atoms with Gasteiger partial charge in [0.1, 0.15) is 11.3 Å². The molecule has 0 aliphatic carbocycles. The molecule has 0 N–H and O–H groups in total. The van der Waals surface area contributed by atoms with Gasteiger partial charge in [-0.3, -0.25) is 0 Å². The summed E-state index contributed by atoms with van der Waals surface area (Å²) in [4.78, 5) is 16.3. The van der Waals surface area contributed by atoms with Crippen molar-refractivity contribution in [2.45, 2.75) is 0 Å². The van der Waals surface area contributed by atoms with Crippen LogP contribution in [0.1, 0.15) is 0 Å². The summed E-state index contributed by atoms with van der Waals surface area (Å²) in [6.45, 7) is 0. The van der Waals surface area contributed by atoms with Crippen LogP contribution >= 0.6 is 0 Å². The molecule has 0 radical (unpaired) electrons. The van der Waals surface area contributed by atoms with Crippen LogP contribution in [0.3, 0.4) is 0 Å². The van der Waals surface area contributed by atoms with Gasteiger partial charge in [0.2, 0.25) is 0 Å².